The van der Waals surface area contributed by atoms with Crippen LogP contribution in [0.5, 0.6) is 0 Å². The molecule has 0 radical (unpaired) electrons. The number of aromatic nitrogens is 2. The van der Waals surface area contributed by atoms with E-state index in [1.54, 1.807) is 53.9 Å². The Kier molecular flexibility index (Phi) is 4.72. The predicted octanol–water partition coefficient (Wildman–Crippen LogP) is 2.73. The molecular weight excluding hydrogens is 374 g/mol. The molecule has 1 atom stereocenters. The van der Waals surface area contributed by atoms with Crippen LogP contribution in [0.2, 0.25) is 0 Å². The second-order valence-corrected chi connectivity index (χ2v) is 8.17. The molecule has 3 heterocycles. The summed E-state index contributed by atoms with van der Waals surface area (Å²) in [6.45, 7) is 2.81. The van der Waals surface area contributed by atoms with Crippen molar-refractivity contribution in [1.29, 1.82) is 0 Å². The molecule has 0 bridgehead atoms. The molecule has 1 aliphatic rings. The number of fused-ring (bicyclic) bond motifs is 1. The van der Waals surface area contributed by atoms with E-state index in [9.17, 15) is 9.59 Å². The molecule has 1 unspecified atom stereocenters. The minimum absolute atomic E-state index is 0.0298. The molecule has 1 fully saturated rings. The van der Waals surface area contributed by atoms with Gasteiger partial charge in [0.25, 0.3) is 0 Å². The van der Waals surface area contributed by atoms with Gasteiger partial charge < -0.3 is 15.5 Å². The van der Waals surface area contributed by atoms with Crippen LogP contribution in [0.25, 0.3) is 10.2 Å². The maximum Gasteiger partial charge on any atom is 0.249 e. The van der Waals surface area contributed by atoms with Gasteiger partial charge in [0.1, 0.15) is 23.0 Å². The first kappa shape index (κ1) is 18.4. The highest BCUT2D eigenvalue weighted by atomic mass is 32.1. The van der Waals surface area contributed by atoms with Crippen molar-refractivity contribution in [2.45, 2.75) is 25.8 Å². The Hall–Kier alpha value is -3.00. The molecule has 4 rings (SSSR count). The van der Waals surface area contributed by atoms with Crippen molar-refractivity contribution in [3.8, 4) is 0 Å². The van der Waals surface area contributed by atoms with E-state index in [1.165, 1.54) is 4.88 Å². The normalized spacial score (nSPS) is 16.5. The van der Waals surface area contributed by atoms with Crippen LogP contribution in [0, 0.1) is 6.92 Å². The summed E-state index contributed by atoms with van der Waals surface area (Å²) < 4.78 is 0. The third-order valence-electron chi connectivity index (χ3n) is 5.09. The van der Waals surface area contributed by atoms with Gasteiger partial charge in [-0.15, -0.1) is 11.3 Å². The number of carbonyl (C=O) groups excluding carboxylic acids is 2. The number of carbonyl (C=O) groups is 2. The lowest BCUT2D eigenvalue weighted by Crippen LogP contribution is -2.44. The summed E-state index contributed by atoms with van der Waals surface area (Å²) >= 11 is 1.63. The number of nitrogens with two attached hydrogens (primary N) is 1. The van der Waals surface area contributed by atoms with Crippen LogP contribution in [0.4, 0.5) is 11.5 Å². The Balaban J connectivity index is 1.65. The third-order valence-corrected chi connectivity index (χ3v) is 6.05. The van der Waals surface area contributed by atoms with E-state index in [-0.39, 0.29) is 11.9 Å². The summed E-state index contributed by atoms with van der Waals surface area (Å²) in [4.78, 5) is 39.4. The van der Waals surface area contributed by atoms with Crippen LogP contribution in [0.15, 0.2) is 36.7 Å². The number of thiophene rings is 1. The molecule has 7 nitrogen and oxygen atoms in total. The number of aryl methyl sites for hydroxylation is 1. The van der Waals surface area contributed by atoms with Crippen LogP contribution < -0.4 is 15.5 Å². The highest BCUT2D eigenvalue weighted by molar-refractivity contribution is 7.18. The lowest BCUT2D eigenvalue weighted by molar-refractivity contribution is -0.119. The smallest absolute Gasteiger partial charge is 0.249 e. The van der Waals surface area contributed by atoms with E-state index in [0.717, 1.165) is 35.4 Å². The maximum absolute atomic E-state index is 13.3. The van der Waals surface area contributed by atoms with E-state index in [2.05, 4.69) is 20.9 Å². The van der Waals surface area contributed by atoms with Crippen LogP contribution >= 0.6 is 11.3 Å². The van der Waals surface area contributed by atoms with Gasteiger partial charge in [0, 0.05) is 29.7 Å². The number of amides is 2. The summed E-state index contributed by atoms with van der Waals surface area (Å²) in [5.74, 6) is 0.267. The van der Waals surface area contributed by atoms with E-state index < -0.39 is 5.91 Å². The topological polar surface area (TPSA) is 92.4 Å². The number of hydrogen-bond acceptors (Lipinski definition) is 6. The lowest BCUT2D eigenvalue weighted by Gasteiger charge is -2.29. The fraction of sp³-hybridized carbons (Fsp3) is 0.300. The number of benzene rings is 1. The quantitative estimate of drug-likeness (QED) is 0.733. The molecule has 1 aromatic carbocycles. The molecule has 2 aromatic heterocycles. The Morgan fingerprint density at radius 2 is 2.11 bits per heavy atom. The molecule has 0 spiro atoms. The molecule has 28 heavy (non-hydrogen) atoms. The van der Waals surface area contributed by atoms with Crippen molar-refractivity contribution in [2.75, 3.05) is 23.4 Å². The molecule has 2 N–H and O–H groups in total. The minimum atomic E-state index is -0.513. The molecule has 1 aliphatic heterocycles. The van der Waals surface area contributed by atoms with Gasteiger partial charge in [-0.2, -0.15) is 0 Å². The van der Waals surface area contributed by atoms with Gasteiger partial charge in [-0.05, 0) is 44.0 Å². The third kappa shape index (κ3) is 3.20. The van der Waals surface area contributed by atoms with Gasteiger partial charge in [-0.25, -0.2) is 9.97 Å². The van der Waals surface area contributed by atoms with Gasteiger partial charge in [0.05, 0.1) is 5.39 Å². The number of primary amides is 1. The van der Waals surface area contributed by atoms with Crippen LogP contribution in [-0.2, 0) is 4.79 Å². The van der Waals surface area contributed by atoms with E-state index >= 15 is 0 Å². The summed E-state index contributed by atoms with van der Waals surface area (Å²) in [5, 5.41) is 0.989. The Labute approximate surface area is 166 Å². The monoisotopic (exact) mass is 395 g/mol. The molecule has 3 aromatic rings. The summed E-state index contributed by atoms with van der Waals surface area (Å²) in [6.07, 6.45) is 3.24. The van der Waals surface area contributed by atoms with Crippen molar-refractivity contribution < 1.29 is 9.59 Å². The van der Waals surface area contributed by atoms with Crippen molar-refractivity contribution in [1.82, 2.24) is 9.97 Å². The SMILES string of the molecule is Cc1cc2c(N3CCCC3C(=O)N(C)c3cccc(C(N)=O)c3)ncnc2s1. The number of hydrogen-bond donors (Lipinski definition) is 1. The standard InChI is InChI=1S/C20H21N5O2S/c1-12-9-15-18(22-11-23-19(15)28-12)25-8-4-7-16(25)20(27)24(2)14-6-3-5-13(10-14)17(21)26/h3,5-6,9-11,16H,4,7-8H2,1-2H3,(H2,21,26). The Bertz CT molecular complexity index is 1060. The molecule has 2 amide bonds. The number of rotatable bonds is 4. The van der Waals surface area contributed by atoms with Gasteiger partial charge in [-0.1, -0.05) is 6.07 Å². The first-order valence-corrected chi connectivity index (χ1v) is 9.92. The van der Waals surface area contributed by atoms with Gasteiger partial charge in [-0.3, -0.25) is 9.59 Å². The zero-order valence-electron chi connectivity index (χ0n) is 15.8. The zero-order chi connectivity index (χ0) is 19.8. The zero-order valence-corrected chi connectivity index (χ0v) is 16.6. The Morgan fingerprint density at radius 1 is 1.29 bits per heavy atom. The predicted molar refractivity (Wildman–Crippen MR) is 111 cm³/mol. The average Bonchev–Trinajstić information content (AvgIpc) is 3.32. The van der Waals surface area contributed by atoms with Crippen molar-refractivity contribution in [3.05, 3.63) is 47.1 Å². The molecular formula is C20H21N5O2S. The largest absolute Gasteiger partial charge is 0.366 e. The first-order valence-electron chi connectivity index (χ1n) is 9.11. The fourth-order valence-corrected chi connectivity index (χ4v) is 4.53. The summed E-state index contributed by atoms with van der Waals surface area (Å²) in [6, 6.07) is 8.59. The number of likely N-dealkylation sites (N-methyl/N-ethyl adjacent to an activating group) is 1. The molecule has 0 aliphatic carbocycles. The maximum atomic E-state index is 13.3. The highest BCUT2D eigenvalue weighted by Crippen LogP contribution is 2.34. The van der Waals surface area contributed by atoms with E-state index in [0.29, 0.717) is 11.3 Å². The molecule has 0 saturated carbocycles. The van der Waals surface area contributed by atoms with E-state index in [1.807, 2.05) is 6.92 Å². The molecule has 144 valence electrons. The highest BCUT2D eigenvalue weighted by Gasteiger charge is 2.35. The Morgan fingerprint density at radius 3 is 2.89 bits per heavy atom. The van der Waals surface area contributed by atoms with E-state index in [4.69, 9.17) is 5.73 Å². The van der Waals surface area contributed by atoms with Gasteiger partial charge in [0.2, 0.25) is 11.8 Å². The lowest BCUT2D eigenvalue weighted by atomic mass is 10.1. The first-order chi connectivity index (χ1) is 13.5. The van der Waals surface area contributed by atoms with Gasteiger partial charge >= 0.3 is 0 Å². The van der Waals surface area contributed by atoms with Crippen LogP contribution in [0.3, 0.4) is 0 Å². The van der Waals surface area contributed by atoms with Crippen molar-refractivity contribution in [3.63, 3.8) is 0 Å². The average molecular weight is 395 g/mol. The molecule has 8 heteroatoms. The second kappa shape index (κ2) is 7.20. The summed E-state index contributed by atoms with van der Waals surface area (Å²) in [7, 11) is 1.73. The van der Waals surface area contributed by atoms with Crippen molar-refractivity contribution >= 4 is 44.9 Å². The van der Waals surface area contributed by atoms with Crippen LogP contribution in [0.1, 0.15) is 28.1 Å². The fourth-order valence-electron chi connectivity index (χ4n) is 3.69. The van der Waals surface area contributed by atoms with Crippen molar-refractivity contribution in [2.24, 2.45) is 5.73 Å². The minimum Gasteiger partial charge on any atom is -0.366 e. The number of anilines is 2. The van der Waals surface area contributed by atoms with Crippen LogP contribution in [-0.4, -0.2) is 41.4 Å². The summed E-state index contributed by atoms with van der Waals surface area (Å²) in [5.41, 5.74) is 6.40. The number of nitrogens with zero attached hydrogens (tertiary/aromatic N) is 4. The second-order valence-electron chi connectivity index (χ2n) is 6.94. The molecule has 1 saturated heterocycles. The van der Waals surface area contributed by atoms with Gasteiger partial charge in [0.15, 0.2) is 0 Å².